The van der Waals surface area contributed by atoms with Gasteiger partial charge in [0.25, 0.3) is 11.7 Å². The van der Waals surface area contributed by atoms with Crippen molar-refractivity contribution in [3.05, 3.63) is 54.0 Å². The molecule has 2 heterocycles. The van der Waals surface area contributed by atoms with Crippen molar-refractivity contribution in [2.45, 2.75) is 18.7 Å². The number of pyridine rings is 1. The summed E-state index contributed by atoms with van der Waals surface area (Å²) in [5.74, 6) is -0.249. The number of sulfonamides is 1. The SMILES string of the molecule is CCN(CC)S(=O)(=O)c1ccc(F)c(C(=O)N2CCN(c3cccc[nH+]3)CC2)c1. The fourth-order valence-corrected chi connectivity index (χ4v) is 4.93. The van der Waals surface area contributed by atoms with Crippen LogP contribution in [-0.2, 0) is 10.0 Å². The second kappa shape index (κ2) is 8.87. The molecule has 29 heavy (non-hydrogen) atoms. The lowest BCUT2D eigenvalue weighted by Gasteiger charge is -2.31. The maximum Gasteiger partial charge on any atom is 0.274 e. The van der Waals surface area contributed by atoms with Gasteiger partial charge in [0.1, 0.15) is 18.9 Å². The number of carbonyl (C=O) groups is 1. The molecule has 9 heteroatoms. The first kappa shape index (κ1) is 21.2. The Balaban J connectivity index is 1.78. The third-order valence-electron chi connectivity index (χ3n) is 5.11. The summed E-state index contributed by atoms with van der Waals surface area (Å²) in [7, 11) is -3.77. The second-order valence-corrected chi connectivity index (χ2v) is 8.70. The number of aromatic nitrogens is 1. The zero-order valence-corrected chi connectivity index (χ0v) is 17.5. The van der Waals surface area contributed by atoms with Crippen LogP contribution in [0, 0.1) is 5.82 Å². The third kappa shape index (κ3) is 4.40. The van der Waals surface area contributed by atoms with E-state index in [9.17, 15) is 17.6 Å². The van der Waals surface area contributed by atoms with Crippen molar-refractivity contribution in [2.75, 3.05) is 44.2 Å². The highest BCUT2D eigenvalue weighted by molar-refractivity contribution is 7.89. The predicted octanol–water partition coefficient (Wildman–Crippen LogP) is 1.63. The molecule has 0 bridgehead atoms. The summed E-state index contributed by atoms with van der Waals surface area (Å²) >= 11 is 0. The third-order valence-corrected chi connectivity index (χ3v) is 7.16. The van der Waals surface area contributed by atoms with Gasteiger partial charge in [0.15, 0.2) is 0 Å². The molecule has 1 fully saturated rings. The molecule has 0 atom stereocenters. The van der Waals surface area contributed by atoms with Gasteiger partial charge < -0.3 is 4.90 Å². The number of hydrogen-bond donors (Lipinski definition) is 0. The van der Waals surface area contributed by atoms with Crippen molar-refractivity contribution in [2.24, 2.45) is 0 Å². The van der Waals surface area contributed by atoms with E-state index < -0.39 is 21.7 Å². The van der Waals surface area contributed by atoms with E-state index in [1.807, 2.05) is 24.4 Å². The number of H-pyrrole nitrogens is 1. The van der Waals surface area contributed by atoms with E-state index in [0.717, 1.165) is 18.0 Å². The molecule has 7 nitrogen and oxygen atoms in total. The molecule has 0 spiro atoms. The summed E-state index contributed by atoms with van der Waals surface area (Å²) in [4.78, 5) is 19.7. The number of hydrogen-bond acceptors (Lipinski definition) is 4. The van der Waals surface area contributed by atoms with E-state index in [0.29, 0.717) is 39.3 Å². The zero-order chi connectivity index (χ0) is 21.0. The minimum Gasteiger partial charge on any atom is -0.331 e. The normalized spacial score (nSPS) is 15.0. The Morgan fingerprint density at radius 3 is 2.38 bits per heavy atom. The van der Waals surface area contributed by atoms with Crippen molar-refractivity contribution >= 4 is 21.7 Å². The average Bonchev–Trinajstić information content (AvgIpc) is 2.75. The molecule has 0 radical (unpaired) electrons. The summed E-state index contributed by atoms with van der Waals surface area (Å²) in [5, 5.41) is 0. The van der Waals surface area contributed by atoms with Crippen LogP contribution in [0.1, 0.15) is 24.2 Å². The van der Waals surface area contributed by atoms with Gasteiger partial charge in [-0.25, -0.2) is 17.8 Å². The Morgan fingerprint density at radius 2 is 1.79 bits per heavy atom. The molecule has 1 saturated heterocycles. The van der Waals surface area contributed by atoms with Gasteiger partial charge >= 0.3 is 0 Å². The highest BCUT2D eigenvalue weighted by Gasteiger charge is 2.30. The highest BCUT2D eigenvalue weighted by atomic mass is 32.2. The van der Waals surface area contributed by atoms with Crippen LogP contribution in [0.3, 0.4) is 0 Å². The number of aromatic amines is 1. The lowest BCUT2D eigenvalue weighted by molar-refractivity contribution is -0.364. The van der Waals surface area contributed by atoms with Crippen LogP contribution in [0.4, 0.5) is 10.2 Å². The largest absolute Gasteiger partial charge is 0.331 e. The smallest absolute Gasteiger partial charge is 0.274 e. The Labute approximate surface area is 170 Å². The molecular weight excluding hydrogens is 395 g/mol. The van der Waals surface area contributed by atoms with Crippen LogP contribution in [0.15, 0.2) is 47.5 Å². The summed E-state index contributed by atoms with van der Waals surface area (Å²) in [6.45, 7) is 6.13. The molecule has 1 aliphatic rings. The first-order valence-corrected chi connectivity index (χ1v) is 11.1. The molecule has 0 unspecified atom stereocenters. The average molecular weight is 422 g/mol. The maximum absolute atomic E-state index is 14.4. The molecule has 0 saturated carbocycles. The van der Waals surface area contributed by atoms with Gasteiger partial charge in [-0.2, -0.15) is 4.31 Å². The lowest BCUT2D eigenvalue weighted by Crippen LogP contribution is -2.50. The van der Waals surface area contributed by atoms with Crippen LogP contribution in [0.25, 0.3) is 0 Å². The molecule has 156 valence electrons. The van der Waals surface area contributed by atoms with E-state index >= 15 is 0 Å². The van der Waals surface area contributed by atoms with E-state index in [1.54, 1.807) is 18.7 Å². The predicted molar refractivity (Wildman–Crippen MR) is 108 cm³/mol. The minimum absolute atomic E-state index is 0.0662. The van der Waals surface area contributed by atoms with Gasteiger partial charge in [0.2, 0.25) is 10.0 Å². The van der Waals surface area contributed by atoms with Crippen LogP contribution in [0.5, 0.6) is 0 Å². The first-order chi connectivity index (χ1) is 13.9. The van der Waals surface area contributed by atoms with Crippen LogP contribution >= 0.6 is 0 Å². The monoisotopic (exact) mass is 421 g/mol. The Hall–Kier alpha value is -2.52. The fourth-order valence-electron chi connectivity index (χ4n) is 3.44. The van der Waals surface area contributed by atoms with Gasteiger partial charge in [-0.1, -0.05) is 19.9 Å². The van der Waals surface area contributed by atoms with Gasteiger partial charge in [0.05, 0.1) is 29.7 Å². The molecule has 1 aromatic carbocycles. The second-order valence-electron chi connectivity index (χ2n) is 6.76. The number of nitrogens with zero attached hydrogens (tertiary/aromatic N) is 3. The summed E-state index contributed by atoms with van der Waals surface area (Å²) in [6.07, 6.45) is 1.84. The van der Waals surface area contributed by atoms with E-state index in [4.69, 9.17) is 0 Å². The Morgan fingerprint density at radius 1 is 1.10 bits per heavy atom. The molecule has 3 rings (SSSR count). The van der Waals surface area contributed by atoms with Crippen molar-refractivity contribution in [3.8, 4) is 0 Å². The first-order valence-electron chi connectivity index (χ1n) is 9.69. The Bertz CT molecular complexity index is 957. The number of benzene rings is 1. The lowest BCUT2D eigenvalue weighted by atomic mass is 10.1. The van der Waals surface area contributed by atoms with Gasteiger partial charge in [-0.05, 0) is 24.3 Å². The number of rotatable bonds is 6. The van der Waals surface area contributed by atoms with Crippen LogP contribution < -0.4 is 9.88 Å². The summed E-state index contributed by atoms with van der Waals surface area (Å²) < 4.78 is 41.1. The number of piperazine rings is 1. The Kier molecular flexibility index (Phi) is 6.49. The van der Waals surface area contributed by atoms with Crippen LogP contribution in [0.2, 0.25) is 0 Å². The number of halogens is 1. The number of carbonyl (C=O) groups excluding carboxylic acids is 1. The molecule has 1 N–H and O–H groups in total. The summed E-state index contributed by atoms with van der Waals surface area (Å²) in [5.41, 5.74) is -0.210. The quantitative estimate of drug-likeness (QED) is 0.711. The standard InChI is InChI=1S/C20H25FN4O3S/c1-3-25(4-2)29(27,28)16-8-9-18(21)17(15-16)20(26)24-13-11-23(12-14-24)19-7-5-6-10-22-19/h5-10,15H,3-4,11-14H2,1-2H3/p+1. The zero-order valence-electron chi connectivity index (χ0n) is 16.6. The number of anilines is 1. The minimum atomic E-state index is -3.77. The molecule has 0 aliphatic carbocycles. The summed E-state index contributed by atoms with van der Waals surface area (Å²) in [6, 6.07) is 9.20. The van der Waals surface area contributed by atoms with Gasteiger partial charge in [0, 0.05) is 19.2 Å². The molecule has 2 aromatic rings. The topological polar surface area (TPSA) is 75.1 Å². The van der Waals surface area contributed by atoms with E-state index in [2.05, 4.69) is 9.88 Å². The van der Waals surface area contributed by atoms with E-state index in [-0.39, 0.29) is 10.5 Å². The number of amides is 1. The van der Waals surface area contributed by atoms with Crippen LogP contribution in [-0.4, -0.2) is 62.8 Å². The van der Waals surface area contributed by atoms with E-state index in [1.165, 1.54) is 10.4 Å². The maximum atomic E-state index is 14.4. The molecule has 1 amide bonds. The molecule has 1 aliphatic heterocycles. The molecule has 1 aromatic heterocycles. The number of nitrogens with one attached hydrogen (secondary N) is 1. The molecular formula is C20H26FN4O3S+. The van der Waals surface area contributed by atoms with Crippen molar-refractivity contribution < 1.29 is 22.6 Å². The van der Waals surface area contributed by atoms with Gasteiger partial charge in [-0.3, -0.25) is 9.69 Å². The van der Waals surface area contributed by atoms with Crippen molar-refractivity contribution in [3.63, 3.8) is 0 Å². The van der Waals surface area contributed by atoms with Crippen molar-refractivity contribution in [1.29, 1.82) is 0 Å². The highest BCUT2D eigenvalue weighted by Crippen LogP contribution is 2.21. The van der Waals surface area contributed by atoms with Crippen molar-refractivity contribution in [1.82, 2.24) is 9.21 Å². The van der Waals surface area contributed by atoms with Gasteiger partial charge in [-0.15, -0.1) is 0 Å². The fraction of sp³-hybridized carbons (Fsp3) is 0.400.